The summed E-state index contributed by atoms with van der Waals surface area (Å²) in [6.45, 7) is 0. The quantitative estimate of drug-likeness (QED) is 0.603. The fraction of sp³-hybridized carbons (Fsp3) is 0.889. The molecule has 0 aromatic rings. The van der Waals surface area contributed by atoms with Crippen molar-refractivity contribution in [3.05, 3.63) is 0 Å². The molecule has 1 amide bonds. The minimum Gasteiger partial charge on any atom is -0.465 e. The smallest absolute Gasteiger partial charge is 0.407 e. The number of fused-ring (bicyclic) bond motifs is 2. The van der Waals surface area contributed by atoms with Gasteiger partial charge in [0.25, 0.3) is 0 Å². The van der Waals surface area contributed by atoms with E-state index in [1.54, 1.807) is 4.90 Å². The molecule has 0 atom stereocenters. The van der Waals surface area contributed by atoms with Crippen LogP contribution in [0.25, 0.3) is 0 Å². The van der Waals surface area contributed by atoms with Gasteiger partial charge >= 0.3 is 6.09 Å². The molecule has 2 fully saturated rings. The minimum atomic E-state index is -0.704. The Kier molecular flexibility index (Phi) is 1.95. The standard InChI is InChI=1S/C9H15NO2/c11-9(12)10-7-3-1-4-8(10)6-2-5-7/h7-8H,1-6H2,(H,11,12). The van der Waals surface area contributed by atoms with Crippen molar-refractivity contribution >= 4 is 6.09 Å². The van der Waals surface area contributed by atoms with Gasteiger partial charge in [0.05, 0.1) is 0 Å². The maximum absolute atomic E-state index is 10.9. The fourth-order valence-electron chi connectivity index (χ4n) is 2.63. The highest BCUT2D eigenvalue weighted by Crippen LogP contribution is 2.33. The van der Waals surface area contributed by atoms with Gasteiger partial charge in [-0.2, -0.15) is 0 Å². The maximum Gasteiger partial charge on any atom is 0.407 e. The molecule has 0 aliphatic carbocycles. The van der Waals surface area contributed by atoms with Gasteiger partial charge in [-0.1, -0.05) is 0 Å². The second-order valence-electron chi connectivity index (χ2n) is 3.86. The number of amides is 1. The first-order valence-corrected chi connectivity index (χ1v) is 4.80. The third kappa shape index (κ3) is 1.17. The second-order valence-corrected chi connectivity index (χ2v) is 3.86. The molecule has 0 saturated carbocycles. The van der Waals surface area contributed by atoms with Gasteiger partial charge in [-0.3, -0.25) is 0 Å². The molecule has 2 aliphatic rings. The Morgan fingerprint density at radius 2 is 1.50 bits per heavy atom. The van der Waals surface area contributed by atoms with E-state index in [9.17, 15) is 4.79 Å². The zero-order valence-corrected chi connectivity index (χ0v) is 7.20. The number of hydrogen-bond acceptors (Lipinski definition) is 1. The summed E-state index contributed by atoms with van der Waals surface area (Å²) in [4.78, 5) is 12.6. The molecule has 2 bridgehead atoms. The fourth-order valence-corrected chi connectivity index (χ4v) is 2.63. The zero-order valence-electron chi connectivity index (χ0n) is 7.20. The molecule has 0 radical (unpaired) electrons. The summed E-state index contributed by atoms with van der Waals surface area (Å²) in [5, 5.41) is 8.97. The molecule has 0 spiro atoms. The van der Waals surface area contributed by atoms with Crippen LogP contribution in [0, 0.1) is 0 Å². The molecule has 3 nitrogen and oxygen atoms in total. The van der Waals surface area contributed by atoms with Gasteiger partial charge < -0.3 is 10.0 Å². The Bertz CT molecular complexity index is 171. The van der Waals surface area contributed by atoms with E-state index in [1.807, 2.05) is 0 Å². The number of nitrogens with zero attached hydrogens (tertiary/aromatic N) is 1. The Labute approximate surface area is 72.4 Å². The van der Waals surface area contributed by atoms with Crippen molar-refractivity contribution in [2.45, 2.75) is 50.6 Å². The SMILES string of the molecule is O=C(O)N1C2CCCC1CCC2. The summed E-state index contributed by atoms with van der Waals surface area (Å²) in [6, 6.07) is 0.685. The Morgan fingerprint density at radius 3 is 1.75 bits per heavy atom. The summed E-state index contributed by atoms with van der Waals surface area (Å²) >= 11 is 0. The van der Waals surface area contributed by atoms with Crippen LogP contribution in [0.1, 0.15) is 38.5 Å². The number of hydrogen-bond donors (Lipinski definition) is 1. The summed E-state index contributed by atoms with van der Waals surface area (Å²) < 4.78 is 0. The summed E-state index contributed by atoms with van der Waals surface area (Å²) in [6.07, 6.45) is 6.08. The van der Waals surface area contributed by atoms with Crippen molar-refractivity contribution in [2.24, 2.45) is 0 Å². The number of piperidine rings is 2. The van der Waals surface area contributed by atoms with Crippen molar-refractivity contribution in [3.63, 3.8) is 0 Å². The van der Waals surface area contributed by atoms with E-state index in [1.165, 1.54) is 12.8 Å². The van der Waals surface area contributed by atoms with E-state index in [0.29, 0.717) is 12.1 Å². The summed E-state index contributed by atoms with van der Waals surface area (Å²) in [7, 11) is 0. The topological polar surface area (TPSA) is 40.5 Å². The van der Waals surface area contributed by atoms with E-state index < -0.39 is 6.09 Å². The van der Waals surface area contributed by atoms with Gasteiger partial charge in [0, 0.05) is 12.1 Å². The lowest BCUT2D eigenvalue weighted by atomic mass is 9.85. The Morgan fingerprint density at radius 1 is 1.08 bits per heavy atom. The number of rotatable bonds is 0. The van der Waals surface area contributed by atoms with E-state index >= 15 is 0 Å². The highest BCUT2D eigenvalue weighted by molar-refractivity contribution is 5.66. The molecule has 0 aromatic carbocycles. The lowest BCUT2D eigenvalue weighted by Crippen LogP contribution is -2.52. The van der Waals surface area contributed by atoms with Crippen molar-refractivity contribution in [1.82, 2.24) is 4.90 Å². The Hall–Kier alpha value is -0.730. The molecule has 2 aliphatic heterocycles. The van der Waals surface area contributed by atoms with Gasteiger partial charge in [0.1, 0.15) is 0 Å². The van der Waals surface area contributed by atoms with Gasteiger partial charge in [0.2, 0.25) is 0 Å². The highest BCUT2D eigenvalue weighted by Gasteiger charge is 2.36. The third-order valence-corrected chi connectivity index (χ3v) is 3.16. The summed E-state index contributed by atoms with van der Waals surface area (Å²) in [5.74, 6) is 0. The van der Waals surface area contributed by atoms with Crippen molar-refractivity contribution in [3.8, 4) is 0 Å². The molecule has 0 unspecified atom stereocenters. The predicted molar refractivity (Wildman–Crippen MR) is 45.1 cm³/mol. The Balaban J connectivity index is 2.13. The van der Waals surface area contributed by atoms with Gasteiger partial charge in [-0.15, -0.1) is 0 Å². The van der Waals surface area contributed by atoms with E-state index in [-0.39, 0.29) is 0 Å². The van der Waals surface area contributed by atoms with Crippen molar-refractivity contribution < 1.29 is 9.90 Å². The first-order valence-electron chi connectivity index (χ1n) is 4.80. The van der Waals surface area contributed by atoms with Crippen LogP contribution in [0.15, 0.2) is 0 Å². The zero-order chi connectivity index (χ0) is 8.55. The molecule has 2 rings (SSSR count). The van der Waals surface area contributed by atoms with Crippen LogP contribution in [-0.2, 0) is 0 Å². The minimum absolute atomic E-state index is 0.343. The number of carboxylic acid groups (broad SMARTS) is 1. The average molecular weight is 169 g/mol. The van der Waals surface area contributed by atoms with Gasteiger partial charge in [-0.25, -0.2) is 4.79 Å². The molecule has 0 aromatic heterocycles. The van der Waals surface area contributed by atoms with Gasteiger partial charge in [-0.05, 0) is 38.5 Å². The molecule has 2 saturated heterocycles. The van der Waals surface area contributed by atoms with E-state index in [2.05, 4.69) is 0 Å². The normalized spacial score (nSPS) is 34.8. The maximum atomic E-state index is 10.9. The van der Waals surface area contributed by atoms with Crippen LogP contribution in [0.4, 0.5) is 4.79 Å². The molecular weight excluding hydrogens is 154 g/mol. The monoisotopic (exact) mass is 169 g/mol. The van der Waals surface area contributed by atoms with Crippen LogP contribution in [-0.4, -0.2) is 28.2 Å². The molecule has 2 heterocycles. The van der Waals surface area contributed by atoms with Crippen LogP contribution in [0.5, 0.6) is 0 Å². The van der Waals surface area contributed by atoms with Crippen LogP contribution >= 0.6 is 0 Å². The molecule has 1 N–H and O–H groups in total. The first-order chi connectivity index (χ1) is 5.79. The molecule has 12 heavy (non-hydrogen) atoms. The second kappa shape index (κ2) is 2.96. The van der Waals surface area contributed by atoms with E-state index in [4.69, 9.17) is 5.11 Å². The van der Waals surface area contributed by atoms with E-state index in [0.717, 1.165) is 25.7 Å². The molecule has 3 heteroatoms. The van der Waals surface area contributed by atoms with Crippen molar-refractivity contribution in [1.29, 1.82) is 0 Å². The molecular formula is C9H15NO2. The van der Waals surface area contributed by atoms with Gasteiger partial charge in [0.15, 0.2) is 0 Å². The van der Waals surface area contributed by atoms with Crippen LogP contribution in [0.3, 0.4) is 0 Å². The lowest BCUT2D eigenvalue weighted by Gasteiger charge is -2.44. The first kappa shape index (κ1) is 7.90. The predicted octanol–water partition coefficient (Wildman–Crippen LogP) is 2.07. The summed E-state index contributed by atoms with van der Waals surface area (Å²) in [5.41, 5.74) is 0. The molecule has 68 valence electrons. The highest BCUT2D eigenvalue weighted by atomic mass is 16.4. The number of carbonyl (C=O) groups is 1. The third-order valence-electron chi connectivity index (χ3n) is 3.16. The average Bonchev–Trinajstić information content (AvgIpc) is 2.02. The van der Waals surface area contributed by atoms with Crippen LogP contribution in [0.2, 0.25) is 0 Å². The van der Waals surface area contributed by atoms with Crippen LogP contribution < -0.4 is 0 Å². The lowest BCUT2D eigenvalue weighted by molar-refractivity contribution is 0.0427. The largest absolute Gasteiger partial charge is 0.465 e. The van der Waals surface area contributed by atoms with Crippen molar-refractivity contribution in [2.75, 3.05) is 0 Å².